The lowest BCUT2D eigenvalue weighted by Crippen LogP contribution is -2.38. The smallest absolute Gasteiger partial charge is 0.336 e. The topological polar surface area (TPSA) is 64.6 Å². The van der Waals surface area contributed by atoms with Crippen LogP contribution >= 0.6 is 11.6 Å². The molecule has 0 spiro atoms. The van der Waals surface area contributed by atoms with Crippen LogP contribution in [0.15, 0.2) is 77.1 Å². The molecule has 0 saturated carbocycles. The molecule has 1 atom stereocenters. The van der Waals surface area contributed by atoms with E-state index in [1.165, 1.54) is 0 Å². The Kier molecular flexibility index (Phi) is 6.61. The number of para-hydroxylation sites is 1. The first kappa shape index (κ1) is 23.1. The number of ketones is 1. The predicted molar refractivity (Wildman–Crippen MR) is 128 cm³/mol. The third-order valence-electron chi connectivity index (χ3n) is 5.99. The lowest BCUT2D eigenvalue weighted by atomic mass is 9.68. The molecule has 0 radical (unpaired) electrons. The molecule has 2 aromatic rings. The van der Waals surface area contributed by atoms with Crippen molar-refractivity contribution in [2.45, 2.75) is 39.5 Å². The summed E-state index contributed by atoms with van der Waals surface area (Å²) in [5, 5.41) is 3.94. The molecule has 1 heterocycles. The number of dihydropyridines is 1. The number of carbonyl (C=O) groups excluding carboxylic acids is 2. The lowest BCUT2D eigenvalue weighted by molar-refractivity contribution is -0.140. The minimum Gasteiger partial charge on any atom is -0.490 e. The second-order valence-electron chi connectivity index (χ2n) is 9.28. The molecule has 0 fully saturated rings. The Morgan fingerprint density at radius 3 is 2.45 bits per heavy atom. The quantitative estimate of drug-likeness (QED) is 0.446. The van der Waals surface area contributed by atoms with Crippen molar-refractivity contribution < 1.29 is 19.1 Å². The fourth-order valence-corrected chi connectivity index (χ4v) is 4.71. The van der Waals surface area contributed by atoms with Gasteiger partial charge in [0.15, 0.2) is 5.78 Å². The van der Waals surface area contributed by atoms with Crippen LogP contribution in [0, 0.1) is 5.41 Å². The maximum atomic E-state index is 13.3. The average Bonchev–Trinajstić information content (AvgIpc) is 2.76. The van der Waals surface area contributed by atoms with E-state index < -0.39 is 11.9 Å². The minimum absolute atomic E-state index is 0.0545. The van der Waals surface area contributed by atoms with Crippen LogP contribution in [0.5, 0.6) is 5.75 Å². The number of benzene rings is 2. The standard InChI is InChI=1S/C27H28ClNO4/c1-17-23(26(31)33-14-13-32-20-7-5-4-6-8-20)24(18-9-11-19(28)12-10-18)25-21(29-17)15-27(2,3)16-22(25)30/h4-12,24,29H,13-16H2,1-3H3. The zero-order valence-electron chi connectivity index (χ0n) is 19.1. The molecule has 2 aromatic carbocycles. The van der Waals surface area contributed by atoms with Crippen LogP contribution in [0.25, 0.3) is 0 Å². The van der Waals surface area contributed by atoms with Gasteiger partial charge in [0, 0.05) is 34.3 Å². The van der Waals surface area contributed by atoms with Gasteiger partial charge in [-0.05, 0) is 48.6 Å². The fourth-order valence-electron chi connectivity index (χ4n) is 4.58. The number of carbonyl (C=O) groups is 2. The third kappa shape index (κ3) is 5.14. The molecule has 6 heteroatoms. The first-order chi connectivity index (χ1) is 15.7. The van der Waals surface area contributed by atoms with Gasteiger partial charge in [-0.25, -0.2) is 4.79 Å². The molecule has 0 saturated heterocycles. The van der Waals surface area contributed by atoms with Gasteiger partial charge in [0.25, 0.3) is 0 Å². The number of rotatable bonds is 6. The summed E-state index contributed by atoms with van der Waals surface area (Å²) in [6.45, 7) is 6.37. The molecule has 5 nitrogen and oxygen atoms in total. The number of Topliss-reactive ketones (excluding diaryl/α,β-unsaturated/α-hetero) is 1. The fraction of sp³-hybridized carbons (Fsp3) is 0.333. The van der Waals surface area contributed by atoms with Crippen molar-refractivity contribution in [3.63, 3.8) is 0 Å². The number of allylic oxidation sites excluding steroid dienone is 3. The molecular weight excluding hydrogens is 438 g/mol. The van der Waals surface area contributed by atoms with Crippen molar-refractivity contribution in [2.75, 3.05) is 13.2 Å². The van der Waals surface area contributed by atoms with Gasteiger partial charge in [-0.15, -0.1) is 0 Å². The van der Waals surface area contributed by atoms with Crippen LogP contribution in [0.3, 0.4) is 0 Å². The first-order valence-corrected chi connectivity index (χ1v) is 11.5. The molecule has 0 aromatic heterocycles. The van der Waals surface area contributed by atoms with Gasteiger partial charge in [-0.2, -0.15) is 0 Å². The molecule has 0 bridgehead atoms. The van der Waals surface area contributed by atoms with E-state index in [2.05, 4.69) is 19.2 Å². The molecule has 1 aliphatic heterocycles. The zero-order chi connectivity index (χ0) is 23.6. The van der Waals surface area contributed by atoms with Crippen LogP contribution in [-0.4, -0.2) is 25.0 Å². The summed E-state index contributed by atoms with van der Waals surface area (Å²) in [5.74, 6) is -0.183. The van der Waals surface area contributed by atoms with Crippen LogP contribution in [-0.2, 0) is 14.3 Å². The normalized spacial score (nSPS) is 19.6. The monoisotopic (exact) mass is 465 g/mol. The maximum absolute atomic E-state index is 13.3. The molecule has 2 aliphatic rings. The predicted octanol–water partition coefficient (Wildman–Crippen LogP) is 5.57. The summed E-state index contributed by atoms with van der Waals surface area (Å²) in [5.41, 5.74) is 3.39. The van der Waals surface area contributed by atoms with Gasteiger partial charge in [0.05, 0.1) is 5.57 Å². The summed E-state index contributed by atoms with van der Waals surface area (Å²) in [6.07, 6.45) is 1.17. The van der Waals surface area contributed by atoms with Crippen LogP contribution < -0.4 is 10.1 Å². The number of halogens is 1. The van der Waals surface area contributed by atoms with Crippen molar-refractivity contribution in [3.05, 3.63) is 87.7 Å². The highest BCUT2D eigenvalue weighted by Crippen LogP contribution is 2.46. The van der Waals surface area contributed by atoms with Gasteiger partial charge in [-0.3, -0.25) is 4.79 Å². The number of hydrogen-bond acceptors (Lipinski definition) is 5. The van der Waals surface area contributed by atoms with E-state index in [0.717, 1.165) is 17.7 Å². The van der Waals surface area contributed by atoms with Crippen molar-refractivity contribution in [1.29, 1.82) is 0 Å². The van der Waals surface area contributed by atoms with Crippen molar-refractivity contribution in [3.8, 4) is 5.75 Å². The van der Waals surface area contributed by atoms with Crippen molar-refractivity contribution in [2.24, 2.45) is 5.41 Å². The van der Waals surface area contributed by atoms with Crippen LogP contribution in [0.1, 0.15) is 45.1 Å². The Labute approximate surface area is 199 Å². The van der Waals surface area contributed by atoms with E-state index in [9.17, 15) is 9.59 Å². The number of ether oxygens (including phenoxy) is 2. The SMILES string of the molecule is CC1=C(C(=O)OCCOc2ccccc2)C(c2ccc(Cl)cc2)C2=C(CC(C)(C)CC2=O)N1. The summed E-state index contributed by atoms with van der Waals surface area (Å²) in [6, 6.07) is 16.7. The number of esters is 1. The van der Waals surface area contributed by atoms with Crippen molar-refractivity contribution in [1.82, 2.24) is 5.32 Å². The summed E-state index contributed by atoms with van der Waals surface area (Å²) >= 11 is 6.11. The summed E-state index contributed by atoms with van der Waals surface area (Å²) < 4.78 is 11.2. The van der Waals surface area contributed by atoms with Gasteiger partial charge < -0.3 is 14.8 Å². The third-order valence-corrected chi connectivity index (χ3v) is 6.24. The van der Waals surface area contributed by atoms with Gasteiger partial charge >= 0.3 is 5.97 Å². The highest BCUT2D eigenvalue weighted by molar-refractivity contribution is 6.30. The molecule has 33 heavy (non-hydrogen) atoms. The molecule has 1 N–H and O–H groups in total. The molecular formula is C27H28ClNO4. The highest BCUT2D eigenvalue weighted by atomic mass is 35.5. The minimum atomic E-state index is -0.496. The van der Waals surface area contributed by atoms with Crippen molar-refractivity contribution >= 4 is 23.4 Å². The Morgan fingerprint density at radius 2 is 1.76 bits per heavy atom. The molecule has 172 valence electrons. The van der Waals surface area contributed by atoms with Gasteiger partial charge in [0.1, 0.15) is 19.0 Å². The first-order valence-electron chi connectivity index (χ1n) is 11.1. The number of nitrogens with one attached hydrogen (secondary N) is 1. The van der Waals surface area contributed by atoms with Gasteiger partial charge in [0.2, 0.25) is 0 Å². The largest absolute Gasteiger partial charge is 0.490 e. The van der Waals surface area contributed by atoms with E-state index in [4.69, 9.17) is 21.1 Å². The van der Waals surface area contributed by atoms with Crippen LogP contribution in [0.4, 0.5) is 0 Å². The van der Waals surface area contributed by atoms with Gasteiger partial charge in [-0.1, -0.05) is 55.8 Å². The second-order valence-corrected chi connectivity index (χ2v) is 9.72. The maximum Gasteiger partial charge on any atom is 0.336 e. The Bertz CT molecular complexity index is 1120. The summed E-state index contributed by atoms with van der Waals surface area (Å²) in [4.78, 5) is 26.5. The lowest BCUT2D eigenvalue weighted by Gasteiger charge is -2.39. The van der Waals surface area contributed by atoms with E-state index in [1.807, 2.05) is 49.4 Å². The Morgan fingerprint density at radius 1 is 1.06 bits per heavy atom. The average molecular weight is 466 g/mol. The molecule has 0 amide bonds. The van der Waals surface area contributed by atoms with Crippen LogP contribution in [0.2, 0.25) is 5.02 Å². The Hall–Kier alpha value is -3.05. The highest BCUT2D eigenvalue weighted by Gasteiger charge is 2.43. The van der Waals surface area contributed by atoms with E-state index >= 15 is 0 Å². The van der Waals surface area contributed by atoms with E-state index in [-0.39, 0.29) is 24.4 Å². The summed E-state index contributed by atoms with van der Waals surface area (Å²) in [7, 11) is 0. The molecule has 4 rings (SSSR count). The Balaban J connectivity index is 1.59. The zero-order valence-corrected chi connectivity index (χ0v) is 19.9. The van der Waals surface area contributed by atoms with E-state index in [1.54, 1.807) is 12.1 Å². The van der Waals surface area contributed by atoms with E-state index in [0.29, 0.717) is 34.0 Å². The molecule has 1 unspecified atom stereocenters. The second kappa shape index (κ2) is 9.44. The number of hydrogen-bond donors (Lipinski definition) is 1. The molecule has 1 aliphatic carbocycles.